The van der Waals surface area contributed by atoms with Gasteiger partial charge in [-0.15, -0.1) is 0 Å². The minimum Gasteiger partial charge on any atom is -0.465 e. The molecule has 6 nitrogen and oxygen atoms in total. The van der Waals surface area contributed by atoms with E-state index in [0.717, 1.165) is 0 Å². The summed E-state index contributed by atoms with van der Waals surface area (Å²) in [6.45, 7) is 1.74. The molecule has 1 aromatic rings. The molecule has 1 aromatic heterocycles. The summed E-state index contributed by atoms with van der Waals surface area (Å²) in [4.78, 5) is 14.8. The van der Waals surface area contributed by atoms with Gasteiger partial charge in [0.1, 0.15) is 17.5 Å². The second kappa shape index (κ2) is 6.12. The molecule has 0 spiro atoms. The molecule has 1 heterocycles. The van der Waals surface area contributed by atoms with Gasteiger partial charge in [0, 0.05) is 6.20 Å². The number of carbonyl (C=O) groups excluding carboxylic acids is 1. The first-order valence-corrected chi connectivity index (χ1v) is 7.00. The Morgan fingerprint density at radius 3 is 2.89 bits per heavy atom. The number of nitrogens with zero attached hydrogens (tertiary/aromatic N) is 2. The number of rotatable bonds is 5. The Labute approximate surface area is 105 Å². The van der Waals surface area contributed by atoms with Crippen LogP contribution < -0.4 is 0 Å². The van der Waals surface area contributed by atoms with Gasteiger partial charge in [-0.25, -0.2) is 13.4 Å². The molecule has 7 heteroatoms. The van der Waals surface area contributed by atoms with Crippen LogP contribution in [-0.4, -0.2) is 31.7 Å². The lowest BCUT2D eigenvalue weighted by Crippen LogP contribution is -2.20. The van der Waals surface area contributed by atoms with Gasteiger partial charge in [-0.1, -0.05) is 0 Å². The van der Waals surface area contributed by atoms with Gasteiger partial charge in [0.15, 0.2) is 9.84 Å². The van der Waals surface area contributed by atoms with E-state index in [1.54, 1.807) is 6.92 Å². The van der Waals surface area contributed by atoms with Crippen LogP contribution in [0.25, 0.3) is 0 Å². The Hall–Kier alpha value is -1.94. The molecule has 1 rings (SSSR count). The Morgan fingerprint density at radius 2 is 2.28 bits per heavy atom. The third-order valence-corrected chi connectivity index (χ3v) is 3.42. The molecular formula is C11H12N2O4S. The van der Waals surface area contributed by atoms with Gasteiger partial charge in [-0.3, -0.25) is 4.79 Å². The van der Waals surface area contributed by atoms with Crippen LogP contribution in [0.15, 0.2) is 18.3 Å². The van der Waals surface area contributed by atoms with Crippen LogP contribution in [0, 0.1) is 11.3 Å². The quantitative estimate of drug-likeness (QED) is 0.718. The maximum atomic E-state index is 11.7. The van der Waals surface area contributed by atoms with Gasteiger partial charge in [-0.2, -0.15) is 5.26 Å². The van der Waals surface area contributed by atoms with E-state index in [0.29, 0.717) is 5.56 Å². The number of hydrogen-bond donors (Lipinski definition) is 0. The lowest BCUT2D eigenvalue weighted by molar-refractivity contribution is -0.139. The van der Waals surface area contributed by atoms with E-state index in [4.69, 9.17) is 5.26 Å². The molecular weight excluding hydrogens is 256 g/mol. The normalized spacial score (nSPS) is 10.7. The Morgan fingerprint density at radius 1 is 1.56 bits per heavy atom. The van der Waals surface area contributed by atoms with Gasteiger partial charge >= 0.3 is 5.97 Å². The summed E-state index contributed by atoms with van der Waals surface area (Å²) in [5.41, 5.74) is 0.560. The van der Waals surface area contributed by atoms with Gasteiger partial charge in [0.25, 0.3) is 0 Å². The maximum absolute atomic E-state index is 11.7. The third kappa shape index (κ3) is 4.51. The number of aromatic nitrogens is 1. The largest absolute Gasteiger partial charge is 0.465 e. The highest BCUT2D eigenvalue weighted by Gasteiger charge is 2.18. The van der Waals surface area contributed by atoms with Crippen molar-refractivity contribution in [3.8, 4) is 6.07 Å². The van der Waals surface area contributed by atoms with Crippen LogP contribution in [0.1, 0.15) is 18.2 Å². The van der Waals surface area contributed by atoms with Gasteiger partial charge in [-0.05, 0) is 24.6 Å². The average Bonchev–Trinajstić information content (AvgIpc) is 2.28. The van der Waals surface area contributed by atoms with Crippen LogP contribution in [0.3, 0.4) is 0 Å². The summed E-state index contributed by atoms with van der Waals surface area (Å²) in [5, 5.41) is 8.64. The summed E-state index contributed by atoms with van der Waals surface area (Å²) < 4.78 is 27.9. The second-order valence-corrected chi connectivity index (χ2v) is 5.56. The fourth-order valence-electron chi connectivity index (χ4n) is 1.31. The van der Waals surface area contributed by atoms with Crippen LogP contribution in [0.4, 0.5) is 0 Å². The van der Waals surface area contributed by atoms with Gasteiger partial charge in [0.05, 0.1) is 12.4 Å². The molecule has 18 heavy (non-hydrogen) atoms. The molecule has 0 unspecified atom stereocenters. The first kappa shape index (κ1) is 14.1. The van der Waals surface area contributed by atoms with Crippen molar-refractivity contribution < 1.29 is 17.9 Å². The highest BCUT2D eigenvalue weighted by Crippen LogP contribution is 2.07. The minimum absolute atomic E-state index is 0.138. The molecule has 0 aliphatic rings. The van der Waals surface area contributed by atoms with Crippen LogP contribution in [0.5, 0.6) is 0 Å². The first-order chi connectivity index (χ1) is 8.46. The van der Waals surface area contributed by atoms with Crippen molar-refractivity contribution in [1.82, 2.24) is 4.98 Å². The molecule has 0 atom stereocenters. The Kier molecular flexibility index (Phi) is 4.80. The SMILES string of the molecule is CCOC(=O)CS(=O)(=O)Cc1ccnc(C#N)c1. The zero-order valence-corrected chi connectivity index (χ0v) is 10.6. The molecule has 0 aliphatic heterocycles. The molecule has 0 aliphatic carbocycles. The smallest absolute Gasteiger partial charge is 0.321 e. The molecule has 0 bridgehead atoms. The van der Waals surface area contributed by atoms with Crippen molar-refractivity contribution in [1.29, 1.82) is 5.26 Å². The number of hydrogen-bond acceptors (Lipinski definition) is 6. The highest BCUT2D eigenvalue weighted by atomic mass is 32.2. The Balaban J connectivity index is 2.77. The van der Waals surface area contributed by atoms with Crippen molar-refractivity contribution in [3.63, 3.8) is 0 Å². The fraction of sp³-hybridized carbons (Fsp3) is 0.364. The zero-order valence-electron chi connectivity index (χ0n) is 9.79. The molecule has 0 radical (unpaired) electrons. The summed E-state index contributed by atoms with van der Waals surface area (Å²) >= 11 is 0. The lowest BCUT2D eigenvalue weighted by Gasteiger charge is -2.04. The summed E-state index contributed by atoms with van der Waals surface area (Å²) in [7, 11) is -3.59. The third-order valence-electron chi connectivity index (χ3n) is 1.97. The fourth-order valence-corrected chi connectivity index (χ4v) is 2.54. The van der Waals surface area contributed by atoms with Crippen molar-refractivity contribution in [2.24, 2.45) is 0 Å². The van der Waals surface area contributed by atoms with Crippen LogP contribution in [-0.2, 0) is 25.1 Å². The zero-order chi connectivity index (χ0) is 13.6. The maximum Gasteiger partial charge on any atom is 0.321 e. The summed E-state index contributed by atoms with van der Waals surface area (Å²) in [5.74, 6) is -1.75. The van der Waals surface area contributed by atoms with Crippen molar-refractivity contribution in [2.75, 3.05) is 12.4 Å². The van der Waals surface area contributed by atoms with Crippen molar-refractivity contribution in [2.45, 2.75) is 12.7 Å². The van der Waals surface area contributed by atoms with Crippen molar-refractivity contribution >= 4 is 15.8 Å². The van der Waals surface area contributed by atoms with E-state index in [9.17, 15) is 13.2 Å². The topological polar surface area (TPSA) is 97.1 Å². The van der Waals surface area contributed by atoms with Gasteiger partial charge < -0.3 is 4.74 Å². The van der Waals surface area contributed by atoms with E-state index in [-0.39, 0.29) is 18.1 Å². The van der Waals surface area contributed by atoms with Crippen LogP contribution in [0.2, 0.25) is 0 Å². The second-order valence-electron chi connectivity index (χ2n) is 3.50. The Bertz CT molecular complexity index is 575. The predicted molar refractivity (Wildman–Crippen MR) is 63.1 cm³/mol. The summed E-state index contributed by atoms with van der Waals surface area (Å²) in [6.07, 6.45) is 1.35. The molecule has 0 N–H and O–H groups in total. The molecule has 0 fully saturated rings. The first-order valence-electron chi connectivity index (χ1n) is 5.18. The number of carbonyl (C=O) groups is 1. The van der Waals surface area contributed by atoms with Gasteiger partial charge in [0.2, 0.25) is 0 Å². The van der Waals surface area contributed by atoms with E-state index in [2.05, 4.69) is 9.72 Å². The average molecular weight is 268 g/mol. The number of pyridine rings is 1. The summed E-state index contributed by atoms with van der Waals surface area (Å²) in [6, 6.07) is 4.68. The number of esters is 1. The van der Waals surface area contributed by atoms with E-state index < -0.39 is 21.6 Å². The highest BCUT2D eigenvalue weighted by molar-refractivity contribution is 7.91. The monoisotopic (exact) mass is 268 g/mol. The molecule has 0 saturated heterocycles. The lowest BCUT2D eigenvalue weighted by atomic mass is 10.2. The number of nitriles is 1. The molecule has 0 saturated carbocycles. The van der Waals surface area contributed by atoms with Crippen molar-refractivity contribution in [3.05, 3.63) is 29.6 Å². The van der Waals surface area contributed by atoms with E-state index in [1.807, 2.05) is 6.07 Å². The number of ether oxygens (including phenoxy) is 1. The minimum atomic E-state index is -3.59. The number of sulfone groups is 1. The predicted octanol–water partition coefficient (Wildman–Crippen LogP) is 0.431. The van der Waals surface area contributed by atoms with Crippen LogP contribution >= 0.6 is 0 Å². The van der Waals surface area contributed by atoms with E-state index >= 15 is 0 Å². The van der Waals surface area contributed by atoms with E-state index in [1.165, 1.54) is 18.3 Å². The molecule has 96 valence electrons. The standard InChI is InChI=1S/C11H12N2O4S/c1-2-17-11(14)8-18(15,16)7-9-3-4-13-10(5-9)6-12/h3-5H,2,7-8H2,1H3. The molecule has 0 amide bonds. The molecule has 0 aromatic carbocycles.